The van der Waals surface area contributed by atoms with Gasteiger partial charge in [0, 0.05) is 0 Å². The van der Waals surface area contributed by atoms with Crippen molar-refractivity contribution in [3.63, 3.8) is 0 Å². The van der Waals surface area contributed by atoms with Crippen LogP contribution in [0.4, 0.5) is 0 Å². The maximum absolute atomic E-state index is 6.15. The fraction of sp³-hybridized carbons (Fsp3) is 0.207. The molecule has 0 N–H and O–H groups in total. The van der Waals surface area contributed by atoms with Crippen LogP contribution in [-0.4, -0.2) is 16.2 Å². The summed E-state index contributed by atoms with van der Waals surface area (Å²) in [7, 11) is 0. The Morgan fingerprint density at radius 1 is 0.758 bits per heavy atom. The van der Waals surface area contributed by atoms with Gasteiger partial charge in [-0.2, -0.15) is 0 Å². The van der Waals surface area contributed by atoms with Gasteiger partial charge in [-0.15, -0.1) is 0 Å². The first kappa shape index (κ1) is 21.1. The Balaban J connectivity index is 1.31. The topological polar surface area (TPSA) is 36.3 Å². The minimum Gasteiger partial charge on any atom is -0.492 e. The van der Waals surface area contributed by atoms with Crippen LogP contribution in [0.15, 0.2) is 91.0 Å². The molecule has 0 aliphatic carbocycles. The monoisotopic (exact) mass is 436 g/mol. The van der Waals surface area contributed by atoms with Crippen LogP contribution < -0.4 is 9.47 Å². The second kappa shape index (κ2) is 9.37. The average Bonchev–Trinajstić information content (AvgIpc) is 3.20. The van der Waals surface area contributed by atoms with Gasteiger partial charge < -0.3 is 14.0 Å². The Kier molecular flexibility index (Phi) is 5.99. The fourth-order valence-corrected chi connectivity index (χ4v) is 4.09. The fourth-order valence-electron chi connectivity index (χ4n) is 4.09. The molecule has 0 unspecified atom stereocenters. The van der Waals surface area contributed by atoms with E-state index < -0.39 is 0 Å². The zero-order valence-corrected chi connectivity index (χ0v) is 19.1. The summed E-state index contributed by atoms with van der Waals surface area (Å²) in [6.45, 7) is 6.05. The number of benzene rings is 4. The van der Waals surface area contributed by atoms with Crippen LogP contribution in [0, 0.1) is 0 Å². The van der Waals surface area contributed by atoms with Gasteiger partial charge in [-0.3, -0.25) is 0 Å². The van der Waals surface area contributed by atoms with Crippen LogP contribution in [0.2, 0.25) is 0 Å². The highest BCUT2D eigenvalue weighted by Gasteiger charge is 2.12. The van der Waals surface area contributed by atoms with Crippen LogP contribution >= 0.6 is 0 Å². The van der Waals surface area contributed by atoms with Crippen LogP contribution in [0.5, 0.6) is 11.5 Å². The van der Waals surface area contributed by atoms with E-state index >= 15 is 0 Å². The lowest BCUT2D eigenvalue weighted by molar-refractivity contribution is 0.272. The second-order valence-electron chi connectivity index (χ2n) is 8.54. The number of fused-ring (bicyclic) bond motifs is 2. The van der Waals surface area contributed by atoms with Crippen LogP contribution in [0.25, 0.3) is 21.8 Å². The van der Waals surface area contributed by atoms with E-state index in [1.165, 1.54) is 16.3 Å². The summed E-state index contributed by atoms with van der Waals surface area (Å²) in [5.41, 5.74) is 3.38. The molecular formula is C29H28N2O2. The zero-order valence-electron chi connectivity index (χ0n) is 19.1. The Morgan fingerprint density at radius 3 is 2.30 bits per heavy atom. The van der Waals surface area contributed by atoms with E-state index in [-0.39, 0.29) is 0 Å². The van der Waals surface area contributed by atoms with Crippen LogP contribution in [0.1, 0.15) is 31.2 Å². The largest absolute Gasteiger partial charge is 0.492 e. The molecule has 0 saturated heterocycles. The van der Waals surface area contributed by atoms with Gasteiger partial charge in [0.1, 0.15) is 30.5 Å². The van der Waals surface area contributed by atoms with E-state index in [2.05, 4.69) is 60.9 Å². The minimum absolute atomic E-state index is 0.399. The molecule has 166 valence electrons. The molecule has 0 aliphatic heterocycles. The highest BCUT2D eigenvalue weighted by Crippen LogP contribution is 2.23. The number of hydrogen-bond donors (Lipinski definition) is 0. The maximum atomic E-state index is 6.15. The molecule has 0 spiro atoms. The first-order valence-corrected chi connectivity index (χ1v) is 11.5. The van der Waals surface area contributed by atoms with E-state index in [9.17, 15) is 0 Å². The molecule has 33 heavy (non-hydrogen) atoms. The number of rotatable bonds is 8. The van der Waals surface area contributed by atoms with Crippen LogP contribution in [0.3, 0.4) is 0 Å². The summed E-state index contributed by atoms with van der Waals surface area (Å²) in [5.74, 6) is 3.14. The van der Waals surface area contributed by atoms with Crippen molar-refractivity contribution in [2.24, 2.45) is 0 Å². The van der Waals surface area contributed by atoms with Gasteiger partial charge >= 0.3 is 0 Å². The van der Waals surface area contributed by atoms with Crippen molar-refractivity contribution >= 4 is 21.8 Å². The van der Waals surface area contributed by atoms with Crippen molar-refractivity contribution in [1.29, 1.82) is 0 Å². The molecular weight excluding hydrogens is 408 g/mol. The van der Waals surface area contributed by atoms with Crippen molar-refractivity contribution in [3.05, 3.63) is 102 Å². The Labute approximate surface area is 194 Å². The first-order chi connectivity index (χ1) is 16.2. The van der Waals surface area contributed by atoms with Gasteiger partial charge in [0.05, 0.1) is 17.6 Å². The molecule has 0 saturated carbocycles. The van der Waals surface area contributed by atoms with Crippen molar-refractivity contribution in [2.45, 2.75) is 32.9 Å². The van der Waals surface area contributed by atoms with Crippen molar-refractivity contribution in [1.82, 2.24) is 9.55 Å². The molecule has 0 bridgehead atoms. The molecule has 0 aliphatic rings. The lowest BCUT2D eigenvalue weighted by atomic mass is 10.0. The summed E-state index contributed by atoms with van der Waals surface area (Å²) in [4.78, 5) is 4.83. The molecule has 1 aromatic heterocycles. The van der Waals surface area contributed by atoms with E-state index in [0.29, 0.717) is 25.7 Å². The normalized spacial score (nSPS) is 11.4. The third-order valence-corrected chi connectivity index (χ3v) is 5.95. The third-order valence-electron chi connectivity index (χ3n) is 5.95. The van der Waals surface area contributed by atoms with Crippen molar-refractivity contribution < 1.29 is 9.47 Å². The molecule has 1 heterocycles. The van der Waals surface area contributed by atoms with Gasteiger partial charge in [-0.05, 0) is 58.7 Å². The molecule has 0 radical (unpaired) electrons. The summed E-state index contributed by atoms with van der Waals surface area (Å²) >= 11 is 0. The van der Waals surface area contributed by atoms with Crippen molar-refractivity contribution in [2.75, 3.05) is 6.61 Å². The van der Waals surface area contributed by atoms with Crippen molar-refractivity contribution in [3.8, 4) is 11.5 Å². The molecule has 0 amide bonds. The molecule has 5 rings (SSSR count). The summed E-state index contributed by atoms with van der Waals surface area (Å²) in [6.07, 6.45) is 0. The highest BCUT2D eigenvalue weighted by atomic mass is 16.5. The van der Waals surface area contributed by atoms with E-state index in [1.807, 2.05) is 48.5 Å². The van der Waals surface area contributed by atoms with Gasteiger partial charge in [-0.25, -0.2) is 4.98 Å². The second-order valence-corrected chi connectivity index (χ2v) is 8.54. The summed E-state index contributed by atoms with van der Waals surface area (Å²) in [5, 5.41) is 2.37. The Hall–Kier alpha value is -3.79. The smallest absolute Gasteiger partial charge is 0.148 e. The Morgan fingerprint density at radius 2 is 1.48 bits per heavy atom. The summed E-state index contributed by atoms with van der Waals surface area (Å²) < 4.78 is 14.4. The number of nitrogens with zero attached hydrogens (tertiary/aromatic N) is 2. The minimum atomic E-state index is 0.399. The number of imidazole rings is 1. The molecule has 4 heteroatoms. The quantitative estimate of drug-likeness (QED) is 0.263. The standard InChI is InChI=1S/C29H28N2O2/c1-21(2)22-11-14-25(15-12-22)32-18-17-31-28-10-6-5-9-27(28)30-29(31)20-33-26-16-13-23-7-3-4-8-24(23)19-26/h3-16,19,21H,17-18,20H2,1-2H3. The third kappa shape index (κ3) is 4.70. The average molecular weight is 437 g/mol. The number of hydrogen-bond acceptors (Lipinski definition) is 3. The van der Waals surface area contributed by atoms with Gasteiger partial charge in [-0.1, -0.05) is 68.4 Å². The predicted octanol–water partition coefficient (Wildman–Crippen LogP) is 6.97. The van der Waals surface area contributed by atoms with Gasteiger partial charge in [0.2, 0.25) is 0 Å². The molecule has 4 aromatic carbocycles. The predicted molar refractivity (Wildman–Crippen MR) is 134 cm³/mol. The van der Waals surface area contributed by atoms with E-state index in [1.54, 1.807) is 0 Å². The van der Waals surface area contributed by atoms with Crippen LogP contribution in [-0.2, 0) is 13.2 Å². The molecule has 4 nitrogen and oxygen atoms in total. The first-order valence-electron chi connectivity index (χ1n) is 11.5. The maximum Gasteiger partial charge on any atom is 0.148 e. The van der Waals surface area contributed by atoms with E-state index in [0.717, 1.165) is 28.4 Å². The van der Waals surface area contributed by atoms with Gasteiger partial charge in [0.25, 0.3) is 0 Å². The highest BCUT2D eigenvalue weighted by molar-refractivity contribution is 5.83. The summed E-state index contributed by atoms with van der Waals surface area (Å²) in [6, 6.07) is 31.0. The number of ether oxygens (including phenoxy) is 2. The number of para-hydroxylation sites is 2. The molecule has 0 atom stereocenters. The Bertz CT molecular complexity index is 1370. The molecule has 5 aromatic rings. The number of aromatic nitrogens is 2. The lowest BCUT2D eigenvalue weighted by Gasteiger charge is -2.13. The van der Waals surface area contributed by atoms with E-state index in [4.69, 9.17) is 14.5 Å². The molecule has 0 fully saturated rings. The lowest BCUT2D eigenvalue weighted by Crippen LogP contribution is -2.13. The zero-order chi connectivity index (χ0) is 22.6. The van der Waals surface area contributed by atoms with Gasteiger partial charge in [0.15, 0.2) is 0 Å². The SMILES string of the molecule is CC(C)c1ccc(OCCn2c(COc3ccc4ccccc4c3)nc3ccccc32)cc1.